The first-order valence-corrected chi connectivity index (χ1v) is 9.13. The predicted molar refractivity (Wildman–Crippen MR) is 94.6 cm³/mol. The van der Waals surface area contributed by atoms with E-state index in [-0.39, 0.29) is 30.9 Å². The molecule has 8 heteroatoms. The number of nitrogens with zero attached hydrogens (tertiary/aromatic N) is 2. The highest BCUT2D eigenvalue weighted by Crippen LogP contribution is 2.35. The lowest BCUT2D eigenvalue weighted by Gasteiger charge is -2.47. The number of hydrogen-bond donors (Lipinski definition) is 0. The third-order valence-electron chi connectivity index (χ3n) is 4.93. The average molecular weight is 392 g/mol. The topological polar surface area (TPSA) is 79.6 Å². The van der Waals surface area contributed by atoms with Gasteiger partial charge in [0.2, 0.25) is 0 Å². The molecule has 1 amide bonds. The van der Waals surface area contributed by atoms with E-state index < -0.39 is 40.6 Å². The Bertz CT molecular complexity index is 807. The van der Waals surface area contributed by atoms with Crippen LogP contribution in [0, 0.1) is 28.9 Å². The molecule has 2 unspecified atom stereocenters. The first kappa shape index (κ1) is 20.2. The molecule has 28 heavy (non-hydrogen) atoms. The maximum Gasteiger partial charge on any atom is 0.410 e. The molecule has 2 heterocycles. The molecule has 2 bridgehead atoms. The van der Waals surface area contributed by atoms with E-state index in [4.69, 9.17) is 14.7 Å². The van der Waals surface area contributed by atoms with Crippen LogP contribution in [-0.4, -0.2) is 47.7 Å². The van der Waals surface area contributed by atoms with Crippen LogP contribution in [0.4, 0.5) is 13.6 Å². The summed E-state index contributed by atoms with van der Waals surface area (Å²) in [6, 6.07) is 2.55. The molecular weight excluding hydrogens is 370 g/mol. The minimum atomic E-state index is -1.06. The van der Waals surface area contributed by atoms with Gasteiger partial charge in [-0.15, -0.1) is 0 Å². The number of carbonyl (C=O) groups excluding carboxylic acids is 2. The third kappa shape index (κ3) is 3.99. The van der Waals surface area contributed by atoms with Crippen LogP contribution in [0.25, 0.3) is 0 Å². The zero-order valence-electron chi connectivity index (χ0n) is 16.0. The second-order valence-corrected chi connectivity index (χ2v) is 8.19. The zero-order valence-corrected chi connectivity index (χ0v) is 16.0. The van der Waals surface area contributed by atoms with Crippen LogP contribution < -0.4 is 0 Å². The van der Waals surface area contributed by atoms with Gasteiger partial charge < -0.3 is 9.47 Å². The standard InChI is InChI=1S/C20H22F2N2O4/c1-20(2,3)28-19(26)24-13-4-11(5-14(24)10-27-9-13)18(25)12-6-16(21)15(8-23)17(22)7-12/h6-7,11,13-14H,4-5,9-10H2,1-3H3. The molecule has 1 aromatic rings. The second-order valence-electron chi connectivity index (χ2n) is 8.19. The van der Waals surface area contributed by atoms with E-state index >= 15 is 0 Å². The van der Waals surface area contributed by atoms with Crippen molar-refractivity contribution in [2.75, 3.05) is 13.2 Å². The SMILES string of the molecule is CC(C)(C)OC(=O)N1C2COCC1CC(C(=O)c1cc(F)c(C#N)c(F)c1)C2. The number of rotatable bonds is 2. The fourth-order valence-electron chi connectivity index (χ4n) is 3.80. The van der Waals surface area contributed by atoms with Gasteiger partial charge in [-0.2, -0.15) is 5.26 Å². The number of halogens is 2. The predicted octanol–water partition coefficient (Wildman–Crippen LogP) is 3.43. The Morgan fingerprint density at radius 1 is 1.18 bits per heavy atom. The first-order chi connectivity index (χ1) is 13.1. The molecule has 3 rings (SSSR count). The number of piperidine rings is 1. The second kappa shape index (κ2) is 7.47. The van der Waals surface area contributed by atoms with Crippen LogP contribution in [0.5, 0.6) is 0 Å². The molecule has 0 spiro atoms. The summed E-state index contributed by atoms with van der Waals surface area (Å²) in [5.41, 5.74) is -1.46. The summed E-state index contributed by atoms with van der Waals surface area (Å²) < 4.78 is 38.8. The van der Waals surface area contributed by atoms with Crippen molar-refractivity contribution in [3.05, 3.63) is 34.9 Å². The van der Waals surface area contributed by atoms with Crippen molar-refractivity contribution in [1.29, 1.82) is 5.26 Å². The van der Waals surface area contributed by atoms with Crippen molar-refractivity contribution < 1.29 is 27.8 Å². The van der Waals surface area contributed by atoms with E-state index in [0.717, 1.165) is 12.1 Å². The van der Waals surface area contributed by atoms with Crippen molar-refractivity contribution >= 4 is 11.9 Å². The first-order valence-electron chi connectivity index (χ1n) is 9.13. The van der Waals surface area contributed by atoms with E-state index in [9.17, 15) is 18.4 Å². The Morgan fingerprint density at radius 2 is 1.71 bits per heavy atom. The summed E-state index contributed by atoms with van der Waals surface area (Å²) in [7, 11) is 0. The minimum Gasteiger partial charge on any atom is -0.444 e. The summed E-state index contributed by atoms with van der Waals surface area (Å²) in [5.74, 6) is -3.01. The largest absolute Gasteiger partial charge is 0.444 e. The van der Waals surface area contributed by atoms with Crippen molar-refractivity contribution in [2.24, 2.45) is 5.92 Å². The Balaban J connectivity index is 1.79. The number of carbonyl (C=O) groups is 2. The molecule has 0 radical (unpaired) electrons. The maximum absolute atomic E-state index is 13.9. The normalized spacial score (nSPS) is 24.4. The van der Waals surface area contributed by atoms with E-state index in [0.29, 0.717) is 12.8 Å². The molecule has 2 saturated heterocycles. The van der Waals surface area contributed by atoms with Crippen LogP contribution in [0.2, 0.25) is 0 Å². The summed E-state index contributed by atoms with van der Waals surface area (Å²) in [5, 5.41) is 8.77. The van der Waals surface area contributed by atoms with Crippen LogP contribution >= 0.6 is 0 Å². The van der Waals surface area contributed by atoms with E-state index in [1.807, 2.05) is 0 Å². The van der Waals surface area contributed by atoms with Gasteiger partial charge in [0.25, 0.3) is 0 Å². The molecule has 2 fully saturated rings. The monoisotopic (exact) mass is 392 g/mol. The molecule has 1 aromatic carbocycles. The van der Waals surface area contributed by atoms with Gasteiger partial charge in [0.05, 0.1) is 25.3 Å². The van der Waals surface area contributed by atoms with Crippen molar-refractivity contribution in [2.45, 2.75) is 51.3 Å². The maximum atomic E-state index is 13.9. The van der Waals surface area contributed by atoms with Gasteiger partial charge in [-0.05, 0) is 45.7 Å². The molecule has 2 aliphatic heterocycles. The summed E-state index contributed by atoms with van der Waals surface area (Å²) in [6.45, 7) is 5.88. The molecule has 0 saturated carbocycles. The fraction of sp³-hybridized carbons (Fsp3) is 0.550. The number of Topliss-reactive ketones (excluding diaryl/α,β-unsaturated/α-hetero) is 1. The van der Waals surface area contributed by atoms with Crippen LogP contribution in [-0.2, 0) is 9.47 Å². The Hall–Kier alpha value is -2.53. The molecule has 2 aliphatic rings. The summed E-state index contributed by atoms with van der Waals surface area (Å²) >= 11 is 0. The van der Waals surface area contributed by atoms with Gasteiger partial charge in [0, 0.05) is 11.5 Å². The Labute approximate surface area is 162 Å². The van der Waals surface area contributed by atoms with Gasteiger partial charge in [0.1, 0.15) is 28.9 Å². The van der Waals surface area contributed by atoms with Gasteiger partial charge in [0.15, 0.2) is 5.78 Å². The van der Waals surface area contributed by atoms with Crippen molar-refractivity contribution in [3.8, 4) is 6.07 Å². The lowest BCUT2D eigenvalue weighted by molar-refractivity contribution is -0.0861. The fourth-order valence-corrected chi connectivity index (χ4v) is 3.80. The number of fused-ring (bicyclic) bond motifs is 2. The highest BCUT2D eigenvalue weighted by atomic mass is 19.1. The molecule has 0 aliphatic carbocycles. The van der Waals surface area contributed by atoms with E-state index in [1.165, 1.54) is 6.07 Å². The lowest BCUT2D eigenvalue weighted by Crippen LogP contribution is -2.60. The molecule has 0 aromatic heterocycles. The zero-order chi connectivity index (χ0) is 20.6. The third-order valence-corrected chi connectivity index (χ3v) is 4.93. The molecule has 0 N–H and O–H groups in total. The lowest BCUT2D eigenvalue weighted by atomic mass is 9.80. The summed E-state index contributed by atoms with van der Waals surface area (Å²) in [4.78, 5) is 27.0. The van der Waals surface area contributed by atoms with Gasteiger partial charge in [-0.25, -0.2) is 13.6 Å². The van der Waals surface area contributed by atoms with Gasteiger partial charge >= 0.3 is 6.09 Å². The minimum absolute atomic E-state index is 0.108. The number of benzene rings is 1. The number of ketones is 1. The molecular formula is C20H22F2N2O4. The van der Waals surface area contributed by atoms with Gasteiger partial charge in [-0.1, -0.05) is 0 Å². The highest BCUT2D eigenvalue weighted by molar-refractivity contribution is 5.98. The Kier molecular flexibility index (Phi) is 5.39. The van der Waals surface area contributed by atoms with Crippen molar-refractivity contribution in [3.63, 3.8) is 0 Å². The molecule has 2 atom stereocenters. The van der Waals surface area contributed by atoms with Crippen molar-refractivity contribution in [1.82, 2.24) is 4.90 Å². The van der Waals surface area contributed by atoms with Crippen LogP contribution in [0.3, 0.4) is 0 Å². The number of amides is 1. The summed E-state index contributed by atoms with van der Waals surface area (Å²) in [6.07, 6.45) is 0.183. The number of hydrogen-bond acceptors (Lipinski definition) is 5. The van der Waals surface area contributed by atoms with E-state index in [2.05, 4.69) is 0 Å². The van der Waals surface area contributed by atoms with E-state index in [1.54, 1.807) is 25.7 Å². The quantitative estimate of drug-likeness (QED) is 0.721. The highest BCUT2D eigenvalue weighted by Gasteiger charge is 2.45. The van der Waals surface area contributed by atoms with Crippen LogP contribution in [0.1, 0.15) is 49.5 Å². The number of nitriles is 1. The van der Waals surface area contributed by atoms with Gasteiger partial charge in [-0.3, -0.25) is 9.69 Å². The average Bonchev–Trinajstić information content (AvgIpc) is 2.58. The number of morpholine rings is 1. The molecule has 150 valence electrons. The van der Waals surface area contributed by atoms with Crippen LogP contribution in [0.15, 0.2) is 12.1 Å². The molecule has 6 nitrogen and oxygen atoms in total. The number of ether oxygens (including phenoxy) is 2. The Morgan fingerprint density at radius 3 is 2.18 bits per heavy atom. The smallest absolute Gasteiger partial charge is 0.410 e.